The normalized spacial score (nSPS) is 21.6. The Morgan fingerprint density at radius 1 is 1.50 bits per heavy atom. The first-order valence-corrected chi connectivity index (χ1v) is 5.42. The Kier molecular flexibility index (Phi) is 4.20. The molecule has 1 atom stereocenters. The second kappa shape index (κ2) is 5.20. The Morgan fingerprint density at radius 3 is 2.79 bits per heavy atom. The van der Waals surface area contributed by atoms with E-state index in [0.717, 1.165) is 6.42 Å². The van der Waals surface area contributed by atoms with Crippen LogP contribution in [0.3, 0.4) is 0 Å². The van der Waals surface area contributed by atoms with Crippen LogP contribution in [0.5, 0.6) is 0 Å². The van der Waals surface area contributed by atoms with Gasteiger partial charge in [0.1, 0.15) is 6.04 Å². The highest BCUT2D eigenvalue weighted by Gasteiger charge is 2.36. The number of nitrogens with zero attached hydrogens (tertiary/aromatic N) is 1. The van der Waals surface area contributed by atoms with Crippen molar-refractivity contribution in [2.24, 2.45) is 0 Å². The number of imide groups is 1. The fourth-order valence-corrected chi connectivity index (χ4v) is 1.61. The van der Waals surface area contributed by atoms with Crippen LogP contribution in [0, 0.1) is 0 Å². The van der Waals surface area contributed by atoms with Gasteiger partial charge in [0.2, 0.25) is 0 Å². The average Bonchev–Trinajstić information content (AvgIpc) is 2.41. The summed E-state index contributed by atoms with van der Waals surface area (Å²) in [6, 6.07) is -0.596. The molecule has 1 saturated heterocycles. The number of hydrogen-bond acceptors (Lipinski definition) is 2. The molecule has 80 valence electrons. The lowest BCUT2D eigenvalue weighted by atomic mass is 10.2. The largest absolute Gasteiger partial charge is 0.326 e. The Labute approximate surface area is 88.6 Å². The first-order chi connectivity index (χ1) is 6.70. The molecule has 0 radical (unpaired) electrons. The Bertz CT molecular complexity index is 233. The van der Waals surface area contributed by atoms with Gasteiger partial charge in [0.05, 0.1) is 0 Å². The van der Waals surface area contributed by atoms with Gasteiger partial charge in [-0.15, -0.1) is 11.6 Å². The van der Waals surface area contributed by atoms with Crippen LogP contribution >= 0.6 is 11.6 Å². The molecule has 0 aromatic rings. The Balaban J connectivity index is 2.52. The maximum atomic E-state index is 11.6. The minimum atomic E-state index is -0.317. The molecule has 0 bridgehead atoms. The maximum absolute atomic E-state index is 11.6. The van der Waals surface area contributed by atoms with Gasteiger partial charge < -0.3 is 5.32 Å². The molecule has 4 nitrogen and oxygen atoms in total. The Morgan fingerprint density at radius 2 is 2.21 bits per heavy atom. The number of alkyl halides is 1. The summed E-state index contributed by atoms with van der Waals surface area (Å²) in [6.07, 6.45) is 2.25. The topological polar surface area (TPSA) is 49.4 Å². The van der Waals surface area contributed by atoms with Crippen molar-refractivity contribution in [2.45, 2.75) is 32.2 Å². The molecule has 0 saturated carbocycles. The van der Waals surface area contributed by atoms with E-state index in [1.54, 1.807) is 0 Å². The molecule has 3 amide bonds. The lowest BCUT2D eigenvalue weighted by Crippen LogP contribution is -2.32. The van der Waals surface area contributed by atoms with Crippen LogP contribution in [-0.2, 0) is 4.79 Å². The summed E-state index contributed by atoms with van der Waals surface area (Å²) in [5, 5.41) is 2.66. The van der Waals surface area contributed by atoms with Crippen molar-refractivity contribution in [2.75, 3.05) is 12.4 Å². The predicted molar refractivity (Wildman–Crippen MR) is 54.3 cm³/mol. The van der Waals surface area contributed by atoms with E-state index in [1.807, 2.05) is 6.92 Å². The van der Waals surface area contributed by atoms with Gasteiger partial charge in [0, 0.05) is 12.4 Å². The molecule has 14 heavy (non-hydrogen) atoms. The van der Waals surface area contributed by atoms with Crippen molar-refractivity contribution >= 4 is 23.5 Å². The standard InChI is InChI=1S/C9H15ClN2O2/c1-2-4-7-8(13)12(6-3-5-10)9(14)11-7/h7H,2-6H2,1H3,(H,11,14). The van der Waals surface area contributed by atoms with Crippen molar-refractivity contribution in [1.82, 2.24) is 10.2 Å². The molecule has 0 aliphatic carbocycles. The highest BCUT2D eigenvalue weighted by Crippen LogP contribution is 2.11. The van der Waals surface area contributed by atoms with E-state index in [4.69, 9.17) is 11.6 Å². The van der Waals surface area contributed by atoms with Crippen molar-refractivity contribution in [3.8, 4) is 0 Å². The highest BCUT2D eigenvalue weighted by molar-refractivity contribution is 6.17. The summed E-state index contributed by atoms with van der Waals surface area (Å²) < 4.78 is 0. The summed E-state index contributed by atoms with van der Waals surface area (Å²) in [6.45, 7) is 2.41. The monoisotopic (exact) mass is 218 g/mol. The van der Waals surface area contributed by atoms with Gasteiger partial charge in [-0.3, -0.25) is 9.69 Å². The molecule has 1 fully saturated rings. The van der Waals surface area contributed by atoms with E-state index in [9.17, 15) is 9.59 Å². The summed E-state index contributed by atoms with van der Waals surface area (Å²) in [5.74, 6) is 0.358. The van der Waals surface area contributed by atoms with Crippen LogP contribution < -0.4 is 5.32 Å². The zero-order valence-electron chi connectivity index (χ0n) is 8.25. The molecule has 0 aromatic heterocycles. The predicted octanol–water partition coefficient (Wildman–Crippen LogP) is 1.34. The van der Waals surface area contributed by atoms with Crippen LogP contribution in [0.4, 0.5) is 4.79 Å². The number of carbonyl (C=O) groups excluding carboxylic acids is 2. The molecule has 5 heteroatoms. The lowest BCUT2D eigenvalue weighted by Gasteiger charge is -2.11. The molecular weight excluding hydrogens is 204 g/mol. The first-order valence-electron chi connectivity index (χ1n) is 4.88. The van der Waals surface area contributed by atoms with Gasteiger partial charge in [-0.05, 0) is 12.8 Å². The summed E-state index contributed by atoms with van der Waals surface area (Å²) in [4.78, 5) is 24.2. The van der Waals surface area contributed by atoms with Crippen LogP contribution in [0.25, 0.3) is 0 Å². The van der Waals surface area contributed by atoms with E-state index in [2.05, 4.69) is 5.32 Å². The fraction of sp³-hybridized carbons (Fsp3) is 0.778. The summed E-state index contributed by atoms with van der Waals surface area (Å²) >= 11 is 5.50. The van der Waals surface area contributed by atoms with Gasteiger partial charge in [-0.1, -0.05) is 13.3 Å². The molecule has 0 spiro atoms. The van der Waals surface area contributed by atoms with Gasteiger partial charge >= 0.3 is 6.03 Å². The number of urea groups is 1. The number of carbonyl (C=O) groups is 2. The molecule has 1 aliphatic rings. The first kappa shape index (κ1) is 11.3. The number of hydrogen-bond donors (Lipinski definition) is 1. The smallest absolute Gasteiger partial charge is 0.324 e. The summed E-state index contributed by atoms with van der Waals surface area (Å²) in [7, 11) is 0. The molecule has 0 aromatic carbocycles. The van der Waals surface area contributed by atoms with Gasteiger partial charge in [-0.2, -0.15) is 0 Å². The van der Waals surface area contributed by atoms with Gasteiger partial charge in [0.25, 0.3) is 5.91 Å². The molecule has 1 aliphatic heterocycles. The van der Waals surface area contributed by atoms with Crippen LogP contribution in [0.1, 0.15) is 26.2 Å². The van der Waals surface area contributed by atoms with Crippen molar-refractivity contribution < 1.29 is 9.59 Å². The third-order valence-corrected chi connectivity index (χ3v) is 2.47. The number of halogens is 1. The van der Waals surface area contributed by atoms with Crippen molar-refractivity contribution in [3.63, 3.8) is 0 Å². The minimum absolute atomic E-state index is 0.109. The zero-order chi connectivity index (χ0) is 10.6. The highest BCUT2D eigenvalue weighted by atomic mass is 35.5. The van der Waals surface area contributed by atoms with Crippen LogP contribution in [0.2, 0.25) is 0 Å². The van der Waals surface area contributed by atoms with E-state index in [1.165, 1.54) is 4.90 Å². The second-order valence-electron chi connectivity index (χ2n) is 3.32. The quantitative estimate of drug-likeness (QED) is 0.559. The average molecular weight is 219 g/mol. The van der Waals surface area contributed by atoms with Crippen molar-refractivity contribution in [1.29, 1.82) is 0 Å². The SMILES string of the molecule is CCCC1NC(=O)N(CCCCl)C1=O. The number of amides is 3. The number of nitrogens with one attached hydrogen (secondary N) is 1. The van der Waals surface area contributed by atoms with E-state index in [-0.39, 0.29) is 18.0 Å². The zero-order valence-corrected chi connectivity index (χ0v) is 9.01. The van der Waals surface area contributed by atoms with Gasteiger partial charge in [0.15, 0.2) is 0 Å². The summed E-state index contributed by atoms with van der Waals surface area (Å²) in [5.41, 5.74) is 0. The van der Waals surface area contributed by atoms with Crippen LogP contribution in [0.15, 0.2) is 0 Å². The molecule has 1 unspecified atom stereocenters. The molecular formula is C9H15ClN2O2. The lowest BCUT2D eigenvalue weighted by molar-refractivity contribution is -0.127. The molecule has 1 N–H and O–H groups in total. The van der Waals surface area contributed by atoms with E-state index >= 15 is 0 Å². The third kappa shape index (κ3) is 2.38. The third-order valence-electron chi connectivity index (χ3n) is 2.20. The van der Waals surface area contributed by atoms with E-state index in [0.29, 0.717) is 25.3 Å². The number of rotatable bonds is 5. The maximum Gasteiger partial charge on any atom is 0.324 e. The molecule has 1 heterocycles. The fourth-order valence-electron chi connectivity index (χ4n) is 1.49. The second-order valence-corrected chi connectivity index (χ2v) is 3.70. The minimum Gasteiger partial charge on any atom is -0.326 e. The van der Waals surface area contributed by atoms with Crippen molar-refractivity contribution in [3.05, 3.63) is 0 Å². The van der Waals surface area contributed by atoms with E-state index < -0.39 is 0 Å². The van der Waals surface area contributed by atoms with Gasteiger partial charge in [-0.25, -0.2) is 4.79 Å². The molecule has 1 rings (SSSR count). The Hall–Kier alpha value is -0.770. The van der Waals surface area contributed by atoms with Crippen LogP contribution in [-0.4, -0.2) is 35.3 Å².